The summed E-state index contributed by atoms with van der Waals surface area (Å²) in [4.78, 5) is 30.8. The van der Waals surface area contributed by atoms with Crippen LogP contribution >= 0.6 is 0 Å². The first kappa shape index (κ1) is 21.7. The number of ether oxygens (including phenoxy) is 1. The highest BCUT2D eigenvalue weighted by atomic mass is 16.5. The van der Waals surface area contributed by atoms with E-state index in [1.807, 2.05) is 25.7 Å². The number of H-pyrrole nitrogens is 1. The SMILES string of the molecule is CCOC(=O)c1[nH]c(C)c(CN(C(=O)NC2CCCCC2)C2CCCCC2)c1C. The van der Waals surface area contributed by atoms with Gasteiger partial charge in [0.05, 0.1) is 6.61 Å². The van der Waals surface area contributed by atoms with Crippen LogP contribution in [0.15, 0.2) is 0 Å². The minimum atomic E-state index is -0.324. The second-order valence-electron chi connectivity index (χ2n) is 8.65. The lowest BCUT2D eigenvalue weighted by molar-refractivity contribution is 0.0519. The molecule has 2 saturated carbocycles. The van der Waals surface area contributed by atoms with Gasteiger partial charge in [0.15, 0.2) is 0 Å². The van der Waals surface area contributed by atoms with Gasteiger partial charge in [0.2, 0.25) is 0 Å². The first-order valence-electron chi connectivity index (χ1n) is 11.4. The maximum atomic E-state index is 13.3. The van der Waals surface area contributed by atoms with Gasteiger partial charge in [-0.2, -0.15) is 0 Å². The topological polar surface area (TPSA) is 74.4 Å². The molecule has 6 heteroatoms. The molecule has 1 aromatic rings. The number of nitrogens with zero attached hydrogens (tertiary/aromatic N) is 1. The van der Waals surface area contributed by atoms with Crippen molar-refractivity contribution in [2.45, 2.75) is 104 Å². The number of amides is 2. The van der Waals surface area contributed by atoms with Crippen molar-refractivity contribution in [1.29, 1.82) is 0 Å². The average Bonchev–Trinajstić information content (AvgIpc) is 3.01. The van der Waals surface area contributed by atoms with Crippen LogP contribution in [-0.2, 0) is 11.3 Å². The molecule has 2 N–H and O–H groups in total. The maximum Gasteiger partial charge on any atom is 0.355 e. The van der Waals surface area contributed by atoms with Gasteiger partial charge in [0.1, 0.15) is 5.69 Å². The summed E-state index contributed by atoms with van der Waals surface area (Å²) >= 11 is 0. The monoisotopic (exact) mass is 403 g/mol. The number of hydrogen-bond donors (Lipinski definition) is 2. The molecular weight excluding hydrogens is 366 g/mol. The van der Waals surface area contributed by atoms with Crippen LogP contribution in [0.25, 0.3) is 0 Å². The van der Waals surface area contributed by atoms with Crippen LogP contribution in [0.5, 0.6) is 0 Å². The Morgan fingerprint density at radius 3 is 2.28 bits per heavy atom. The molecule has 2 amide bonds. The van der Waals surface area contributed by atoms with E-state index < -0.39 is 0 Å². The highest BCUT2D eigenvalue weighted by Gasteiger charge is 2.29. The van der Waals surface area contributed by atoms with E-state index in [4.69, 9.17) is 4.74 Å². The number of urea groups is 1. The summed E-state index contributed by atoms with van der Waals surface area (Å²) in [7, 11) is 0. The third-order valence-corrected chi connectivity index (χ3v) is 6.61. The summed E-state index contributed by atoms with van der Waals surface area (Å²) < 4.78 is 5.18. The summed E-state index contributed by atoms with van der Waals surface area (Å²) in [5.74, 6) is -0.324. The van der Waals surface area contributed by atoms with Crippen molar-refractivity contribution in [2.75, 3.05) is 6.61 Å². The smallest absolute Gasteiger partial charge is 0.355 e. The molecule has 0 aliphatic heterocycles. The molecule has 1 aromatic heterocycles. The summed E-state index contributed by atoms with van der Waals surface area (Å²) in [6.45, 7) is 6.62. The largest absolute Gasteiger partial charge is 0.461 e. The molecule has 3 rings (SSSR count). The van der Waals surface area contributed by atoms with Crippen LogP contribution in [0.4, 0.5) is 4.79 Å². The third-order valence-electron chi connectivity index (χ3n) is 6.61. The Bertz CT molecular complexity index is 700. The Morgan fingerprint density at radius 2 is 1.66 bits per heavy atom. The molecule has 0 unspecified atom stereocenters. The van der Waals surface area contributed by atoms with Crippen molar-refractivity contribution in [1.82, 2.24) is 15.2 Å². The van der Waals surface area contributed by atoms with Crippen LogP contribution in [0.1, 0.15) is 98.4 Å². The molecule has 6 nitrogen and oxygen atoms in total. The van der Waals surface area contributed by atoms with Gasteiger partial charge < -0.3 is 19.9 Å². The number of aromatic nitrogens is 1. The zero-order valence-electron chi connectivity index (χ0n) is 18.3. The number of nitrogens with one attached hydrogen (secondary N) is 2. The van der Waals surface area contributed by atoms with Crippen molar-refractivity contribution in [2.24, 2.45) is 0 Å². The van der Waals surface area contributed by atoms with Crippen molar-refractivity contribution in [3.05, 3.63) is 22.5 Å². The maximum absolute atomic E-state index is 13.3. The summed E-state index contributed by atoms with van der Waals surface area (Å²) in [5.41, 5.74) is 3.39. The fraction of sp³-hybridized carbons (Fsp3) is 0.739. The van der Waals surface area contributed by atoms with E-state index in [2.05, 4.69) is 10.3 Å². The van der Waals surface area contributed by atoms with E-state index in [-0.39, 0.29) is 18.0 Å². The Hall–Kier alpha value is -1.98. The highest BCUT2D eigenvalue weighted by molar-refractivity contribution is 5.90. The van der Waals surface area contributed by atoms with Crippen LogP contribution in [0.3, 0.4) is 0 Å². The molecule has 0 bridgehead atoms. The predicted molar refractivity (Wildman–Crippen MR) is 114 cm³/mol. The Morgan fingerprint density at radius 1 is 1.03 bits per heavy atom. The molecule has 0 saturated heterocycles. The normalized spacial score (nSPS) is 18.4. The van der Waals surface area contributed by atoms with E-state index >= 15 is 0 Å². The second-order valence-corrected chi connectivity index (χ2v) is 8.65. The molecule has 0 spiro atoms. The lowest BCUT2D eigenvalue weighted by Gasteiger charge is -2.36. The van der Waals surface area contributed by atoms with Gasteiger partial charge >= 0.3 is 12.0 Å². The molecule has 1 heterocycles. The first-order chi connectivity index (χ1) is 14.0. The van der Waals surface area contributed by atoms with E-state index in [9.17, 15) is 9.59 Å². The quantitative estimate of drug-likeness (QED) is 0.658. The number of hydrogen-bond acceptors (Lipinski definition) is 3. The van der Waals surface area contributed by atoms with Crippen LogP contribution < -0.4 is 5.32 Å². The standard InChI is InChI=1S/C23H37N3O3/c1-4-29-22(27)21-16(2)20(17(3)24-21)15-26(19-13-9-6-10-14-19)23(28)25-18-11-7-5-8-12-18/h18-19,24H,4-15H2,1-3H3,(H,25,28). The van der Waals surface area contributed by atoms with E-state index in [0.29, 0.717) is 24.9 Å². The number of rotatable bonds is 6. The van der Waals surface area contributed by atoms with Gasteiger partial charge in [-0.3, -0.25) is 0 Å². The predicted octanol–water partition coefficient (Wildman–Crippen LogP) is 4.99. The molecule has 162 valence electrons. The summed E-state index contributed by atoms with van der Waals surface area (Å²) in [6.07, 6.45) is 11.6. The number of aromatic amines is 1. The fourth-order valence-corrected chi connectivity index (χ4v) is 4.87. The molecule has 0 atom stereocenters. The average molecular weight is 404 g/mol. The van der Waals surface area contributed by atoms with Gasteiger partial charge in [-0.25, -0.2) is 9.59 Å². The number of carbonyl (C=O) groups is 2. The molecule has 2 aliphatic carbocycles. The van der Waals surface area contributed by atoms with Crippen molar-refractivity contribution in [3.63, 3.8) is 0 Å². The van der Waals surface area contributed by atoms with Gasteiger partial charge in [-0.15, -0.1) is 0 Å². The number of aryl methyl sites for hydroxylation is 1. The van der Waals surface area contributed by atoms with Gasteiger partial charge in [-0.05, 0) is 57.6 Å². The summed E-state index contributed by atoms with van der Waals surface area (Å²) in [5, 5.41) is 3.31. The first-order valence-corrected chi connectivity index (χ1v) is 11.4. The molecule has 29 heavy (non-hydrogen) atoms. The van der Waals surface area contributed by atoms with Crippen molar-refractivity contribution < 1.29 is 14.3 Å². The van der Waals surface area contributed by atoms with E-state index in [1.165, 1.54) is 38.5 Å². The Balaban J connectivity index is 1.79. The Kier molecular flexibility index (Phi) is 7.62. The van der Waals surface area contributed by atoms with Gasteiger partial charge in [-0.1, -0.05) is 38.5 Å². The van der Waals surface area contributed by atoms with Crippen molar-refractivity contribution in [3.8, 4) is 0 Å². The van der Waals surface area contributed by atoms with Gasteiger partial charge in [0, 0.05) is 24.3 Å². The van der Waals surface area contributed by atoms with Crippen LogP contribution in [0.2, 0.25) is 0 Å². The fourth-order valence-electron chi connectivity index (χ4n) is 4.87. The minimum Gasteiger partial charge on any atom is -0.461 e. The van der Waals surface area contributed by atoms with E-state index in [1.54, 1.807) is 0 Å². The Labute approximate surface area is 174 Å². The van der Waals surface area contributed by atoms with Crippen LogP contribution in [-0.4, -0.2) is 40.6 Å². The summed E-state index contributed by atoms with van der Waals surface area (Å²) in [6, 6.07) is 0.624. The number of carbonyl (C=O) groups excluding carboxylic acids is 2. The molecule has 2 aliphatic rings. The van der Waals surface area contributed by atoms with Crippen molar-refractivity contribution >= 4 is 12.0 Å². The molecule has 0 aromatic carbocycles. The second kappa shape index (κ2) is 10.2. The number of esters is 1. The molecule has 2 fully saturated rings. The minimum absolute atomic E-state index is 0.0569. The third kappa shape index (κ3) is 5.34. The highest BCUT2D eigenvalue weighted by Crippen LogP contribution is 2.28. The zero-order chi connectivity index (χ0) is 20.8. The van der Waals surface area contributed by atoms with E-state index in [0.717, 1.165) is 42.5 Å². The molecular formula is C23H37N3O3. The molecule has 0 radical (unpaired) electrons. The van der Waals surface area contributed by atoms with Crippen LogP contribution in [0, 0.1) is 13.8 Å². The lowest BCUT2D eigenvalue weighted by Crippen LogP contribution is -2.50. The lowest BCUT2D eigenvalue weighted by atomic mass is 9.93. The zero-order valence-corrected chi connectivity index (χ0v) is 18.3. The van der Waals surface area contributed by atoms with Gasteiger partial charge in [0.25, 0.3) is 0 Å².